The van der Waals surface area contributed by atoms with E-state index in [1.54, 1.807) is 0 Å². The van der Waals surface area contributed by atoms with Crippen LogP contribution in [-0.2, 0) is 4.79 Å². The van der Waals surface area contributed by atoms with Crippen molar-refractivity contribution in [2.24, 2.45) is 0 Å². The van der Waals surface area contributed by atoms with E-state index >= 15 is 0 Å². The van der Waals surface area contributed by atoms with Crippen LogP contribution < -0.4 is 5.32 Å². The van der Waals surface area contributed by atoms with E-state index in [1.165, 1.54) is 0 Å². The van der Waals surface area contributed by atoms with Gasteiger partial charge in [-0.3, -0.25) is 9.69 Å². The van der Waals surface area contributed by atoms with E-state index in [9.17, 15) is 4.79 Å². The van der Waals surface area contributed by atoms with Crippen LogP contribution in [0, 0.1) is 0 Å². The van der Waals surface area contributed by atoms with Gasteiger partial charge in [-0.05, 0) is 7.05 Å². The van der Waals surface area contributed by atoms with E-state index in [4.69, 9.17) is 11.6 Å². The van der Waals surface area contributed by atoms with Gasteiger partial charge in [-0.2, -0.15) is 0 Å². The van der Waals surface area contributed by atoms with Gasteiger partial charge in [0.25, 0.3) is 0 Å². The van der Waals surface area contributed by atoms with Crippen molar-refractivity contribution in [3.8, 4) is 0 Å². The van der Waals surface area contributed by atoms with Gasteiger partial charge < -0.3 is 10.2 Å². The fourth-order valence-corrected chi connectivity index (χ4v) is 1.80. The number of nitrogens with zero attached hydrogens (tertiary/aromatic N) is 2. The highest BCUT2D eigenvalue weighted by atomic mass is 35.5. The van der Waals surface area contributed by atoms with Crippen molar-refractivity contribution < 1.29 is 4.79 Å². The number of hydrogen-bond donors (Lipinski definition) is 1. The minimum atomic E-state index is 0.164. The lowest BCUT2D eigenvalue weighted by molar-refractivity contribution is -0.132. The van der Waals surface area contributed by atoms with Gasteiger partial charge in [0, 0.05) is 37.8 Å². The maximum absolute atomic E-state index is 11.8. The van der Waals surface area contributed by atoms with Crippen LogP contribution in [0.4, 0.5) is 0 Å². The quantitative estimate of drug-likeness (QED) is 0.746. The highest BCUT2D eigenvalue weighted by molar-refractivity contribution is 6.29. The summed E-state index contributed by atoms with van der Waals surface area (Å²) in [6.45, 7) is 7.94. The number of hydrogen-bond acceptors (Lipinski definition) is 3. The van der Waals surface area contributed by atoms with E-state index in [-0.39, 0.29) is 5.91 Å². The minimum Gasteiger partial charge on any atom is -0.339 e. The zero-order valence-corrected chi connectivity index (χ0v) is 9.89. The molecular weight excluding hydrogens is 214 g/mol. The maximum Gasteiger partial charge on any atom is 0.236 e. The predicted octanol–water partition coefficient (Wildman–Crippen LogP) is 0.103. The molecule has 0 aliphatic carbocycles. The molecular formula is C10H18ClN3O. The van der Waals surface area contributed by atoms with Gasteiger partial charge in [0.15, 0.2) is 0 Å². The Hall–Kier alpha value is -0.580. The van der Waals surface area contributed by atoms with E-state index < -0.39 is 0 Å². The summed E-state index contributed by atoms with van der Waals surface area (Å²) in [7, 11) is 1.87. The molecule has 5 heteroatoms. The molecule has 4 nitrogen and oxygen atoms in total. The molecule has 0 aromatic rings. The summed E-state index contributed by atoms with van der Waals surface area (Å²) < 4.78 is 0. The van der Waals surface area contributed by atoms with E-state index in [1.807, 2.05) is 16.8 Å². The van der Waals surface area contributed by atoms with Crippen LogP contribution in [0.2, 0.25) is 0 Å². The average Bonchev–Trinajstić information content (AvgIpc) is 2.17. The molecule has 15 heavy (non-hydrogen) atoms. The summed E-state index contributed by atoms with van der Waals surface area (Å²) >= 11 is 5.67. The van der Waals surface area contributed by atoms with Crippen LogP contribution in [0.1, 0.15) is 0 Å². The van der Waals surface area contributed by atoms with Crippen LogP contribution in [0.5, 0.6) is 0 Å². The molecule has 0 aromatic carbocycles. The third-order valence-electron chi connectivity index (χ3n) is 2.32. The van der Waals surface area contributed by atoms with Crippen LogP contribution in [0.3, 0.4) is 0 Å². The number of nitrogens with one attached hydrogen (secondary N) is 1. The summed E-state index contributed by atoms with van der Waals surface area (Å²) in [4.78, 5) is 15.5. The minimum absolute atomic E-state index is 0.164. The molecule has 0 spiro atoms. The summed E-state index contributed by atoms with van der Waals surface area (Å²) in [6.07, 6.45) is 0. The molecule has 0 radical (unpaired) electrons. The lowest BCUT2D eigenvalue weighted by Crippen LogP contribution is -2.49. The first kappa shape index (κ1) is 12.5. The van der Waals surface area contributed by atoms with Gasteiger partial charge in [-0.15, -0.1) is 0 Å². The monoisotopic (exact) mass is 231 g/mol. The molecule has 0 unspecified atom stereocenters. The highest BCUT2D eigenvalue weighted by Gasteiger charge is 2.17. The van der Waals surface area contributed by atoms with Gasteiger partial charge in [0.2, 0.25) is 5.91 Å². The molecule has 1 N–H and O–H groups in total. The van der Waals surface area contributed by atoms with E-state index in [2.05, 4.69) is 11.9 Å². The number of halogens is 1. The van der Waals surface area contributed by atoms with Crippen molar-refractivity contribution in [2.45, 2.75) is 0 Å². The van der Waals surface area contributed by atoms with Crippen molar-refractivity contribution in [3.63, 3.8) is 0 Å². The number of amides is 1. The molecule has 86 valence electrons. The Labute approximate surface area is 95.9 Å². The molecule has 1 rings (SSSR count). The Kier molecular flexibility index (Phi) is 5.08. The zero-order valence-electron chi connectivity index (χ0n) is 9.13. The molecule has 1 aliphatic rings. The highest BCUT2D eigenvalue weighted by Crippen LogP contribution is 2.00. The maximum atomic E-state index is 11.8. The van der Waals surface area contributed by atoms with Gasteiger partial charge in [0.1, 0.15) is 0 Å². The molecule has 1 amide bonds. The smallest absolute Gasteiger partial charge is 0.236 e. The largest absolute Gasteiger partial charge is 0.339 e. The fraction of sp³-hybridized carbons (Fsp3) is 0.700. The number of carbonyl (C=O) groups excluding carboxylic acids is 1. The number of carbonyl (C=O) groups is 1. The molecule has 1 fully saturated rings. The molecule has 1 aliphatic heterocycles. The SMILES string of the molecule is C=C(Cl)CN(C)CC(=O)N1CCNCC1. The first-order valence-electron chi connectivity index (χ1n) is 5.10. The zero-order chi connectivity index (χ0) is 11.3. The van der Waals surface area contributed by atoms with Crippen LogP contribution in [-0.4, -0.2) is 62.0 Å². The lowest BCUT2D eigenvalue weighted by atomic mass is 10.3. The first-order chi connectivity index (χ1) is 7.09. The Morgan fingerprint density at radius 1 is 1.47 bits per heavy atom. The third kappa shape index (κ3) is 4.64. The number of rotatable bonds is 4. The van der Waals surface area contributed by atoms with Crippen LogP contribution in [0.25, 0.3) is 0 Å². The molecule has 1 heterocycles. The molecule has 0 atom stereocenters. The fourth-order valence-electron chi connectivity index (χ4n) is 1.59. The summed E-state index contributed by atoms with van der Waals surface area (Å²) in [5, 5.41) is 3.77. The lowest BCUT2D eigenvalue weighted by Gasteiger charge is -2.29. The Balaban J connectivity index is 2.30. The molecule has 0 aromatic heterocycles. The molecule has 0 bridgehead atoms. The number of piperazine rings is 1. The van der Waals surface area contributed by atoms with Gasteiger partial charge in [0.05, 0.1) is 6.54 Å². The summed E-state index contributed by atoms with van der Waals surface area (Å²) in [5.74, 6) is 0.164. The second-order valence-electron chi connectivity index (χ2n) is 3.82. The van der Waals surface area contributed by atoms with Crippen LogP contribution in [0.15, 0.2) is 11.6 Å². The predicted molar refractivity (Wildman–Crippen MR) is 61.9 cm³/mol. The molecule has 1 saturated heterocycles. The van der Waals surface area contributed by atoms with Crippen molar-refractivity contribution in [1.82, 2.24) is 15.1 Å². The second-order valence-corrected chi connectivity index (χ2v) is 4.35. The van der Waals surface area contributed by atoms with Gasteiger partial charge in [-0.1, -0.05) is 18.2 Å². The second kappa shape index (κ2) is 6.10. The Morgan fingerprint density at radius 3 is 2.60 bits per heavy atom. The van der Waals surface area contributed by atoms with Crippen molar-refractivity contribution in [2.75, 3.05) is 46.3 Å². The average molecular weight is 232 g/mol. The van der Waals surface area contributed by atoms with Gasteiger partial charge >= 0.3 is 0 Å². The van der Waals surface area contributed by atoms with Crippen molar-refractivity contribution in [1.29, 1.82) is 0 Å². The van der Waals surface area contributed by atoms with Crippen LogP contribution >= 0.6 is 11.6 Å². The normalized spacial score (nSPS) is 16.9. The third-order valence-corrected chi connectivity index (χ3v) is 2.44. The summed E-state index contributed by atoms with van der Waals surface area (Å²) in [6, 6.07) is 0. The summed E-state index contributed by atoms with van der Waals surface area (Å²) in [5.41, 5.74) is 0. The van der Waals surface area contributed by atoms with E-state index in [0.717, 1.165) is 26.2 Å². The Morgan fingerprint density at radius 2 is 2.07 bits per heavy atom. The topological polar surface area (TPSA) is 35.6 Å². The van der Waals surface area contributed by atoms with Crippen molar-refractivity contribution >= 4 is 17.5 Å². The first-order valence-corrected chi connectivity index (χ1v) is 5.47. The van der Waals surface area contributed by atoms with Gasteiger partial charge in [-0.25, -0.2) is 0 Å². The Bertz CT molecular complexity index is 239. The molecule has 0 saturated carbocycles. The number of likely N-dealkylation sites (N-methyl/N-ethyl adjacent to an activating group) is 1. The standard InChI is InChI=1S/C10H18ClN3O/c1-9(11)7-13(2)8-10(15)14-5-3-12-4-6-14/h12H,1,3-8H2,2H3. The van der Waals surface area contributed by atoms with E-state index in [0.29, 0.717) is 18.1 Å². The van der Waals surface area contributed by atoms with Crippen molar-refractivity contribution in [3.05, 3.63) is 11.6 Å².